The third kappa shape index (κ3) is 4.27. The van der Waals surface area contributed by atoms with Crippen molar-refractivity contribution in [2.75, 3.05) is 6.54 Å². The van der Waals surface area contributed by atoms with Gasteiger partial charge < -0.3 is 15.1 Å². The molecule has 2 N–H and O–H groups in total. The maximum atomic E-state index is 12.9. The number of amides is 1. The quantitative estimate of drug-likeness (QED) is 0.409. The van der Waals surface area contributed by atoms with Crippen LogP contribution in [0, 0.1) is 0 Å². The summed E-state index contributed by atoms with van der Waals surface area (Å²) in [7, 11) is 0. The fourth-order valence-electron chi connectivity index (χ4n) is 3.67. The molecule has 1 unspecified atom stereocenters. The van der Waals surface area contributed by atoms with Gasteiger partial charge in [-0.25, -0.2) is 0 Å². The summed E-state index contributed by atoms with van der Waals surface area (Å²) < 4.78 is 0. The minimum Gasteiger partial charge on any atom is -0.507 e. The minimum atomic E-state index is -0.964. The summed E-state index contributed by atoms with van der Waals surface area (Å²) in [6.07, 6.45) is 0.106. The van der Waals surface area contributed by atoms with Crippen molar-refractivity contribution in [3.63, 3.8) is 0 Å². The van der Waals surface area contributed by atoms with Crippen molar-refractivity contribution in [1.29, 1.82) is 0 Å². The molecule has 3 rings (SSSR count). The summed E-state index contributed by atoms with van der Waals surface area (Å²) in [5.74, 6) is -2.35. The Hall–Kier alpha value is -3.41. The van der Waals surface area contributed by atoms with E-state index in [1.54, 1.807) is 30.3 Å². The number of likely N-dealkylation sites (tertiary alicyclic amines) is 1. The smallest absolute Gasteiger partial charge is 0.303 e. The molecule has 156 valence electrons. The van der Waals surface area contributed by atoms with Gasteiger partial charge in [0, 0.05) is 18.5 Å². The first-order valence-electron chi connectivity index (χ1n) is 9.96. The lowest BCUT2D eigenvalue weighted by atomic mass is 9.93. The van der Waals surface area contributed by atoms with E-state index in [4.69, 9.17) is 5.11 Å². The van der Waals surface area contributed by atoms with Crippen LogP contribution in [0.2, 0.25) is 0 Å². The summed E-state index contributed by atoms with van der Waals surface area (Å²) in [6.45, 7) is 4.25. The summed E-state index contributed by atoms with van der Waals surface area (Å²) >= 11 is 0. The van der Waals surface area contributed by atoms with E-state index in [2.05, 4.69) is 13.8 Å². The van der Waals surface area contributed by atoms with Crippen LogP contribution < -0.4 is 0 Å². The molecule has 2 aromatic carbocycles. The first-order valence-corrected chi connectivity index (χ1v) is 9.96. The second kappa shape index (κ2) is 8.95. The molecular weight excluding hydrogens is 382 g/mol. The lowest BCUT2D eigenvalue weighted by Gasteiger charge is -2.25. The topological polar surface area (TPSA) is 94.9 Å². The van der Waals surface area contributed by atoms with Gasteiger partial charge in [0.1, 0.15) is 5.76 Å². The fraction of sp³-hybridized carbons (Fsp3) is 0.292. The van der Waals surface area contributed by atoms with Crippen LogP contribution in [0.4, 0.5) is 0 Å². The van der Waals surface area contributed by atoms with E-state index >= 15 is 0 Å². The van der Waals surface area contributed by atoms with Crippen LogP contribution in [0.25, 0.3) is 5.76 Å². The van der Waals surface area contributed by atoms with Gasteiger partial charge in [-0.1, -0.05) is 68.4 Å². The Morgan fingerprint density at radius 2 is 1.63 bits per heavy atom. The van der Waals surface area contributed by atoms with Crippen LogP contribution in [0.3, 0.4) is 0 Å². The predicted molar refractivity (Wildman–Crippen MR) is 113 cm³/mol. The highest BCUT2D eigenvalue weighted by Crippen LogP contribution is 2.39. The number of aliphatic hydroxyl groups excluding tert-OH is 1. The standard InChI is InChI=1S/C24H25NO5/c1-15(2)16-10-12-17(13-11-16)21-20(22(28)18-7-4-3-5-8-18)23(29)24(30)25(21)14-6-9-19(26)27/h3-5,7-8,10-13,15,21,28H,6,9,14H2,1-2H3,(H,26,27). The zero-order chi connectivity index (χ0) is 21.8. The number of aliphatic hydroxyl groups is 1. The van der Waals surface area contributed by atoms with Gasteiger partial charge in [0.15, 0.2) is 0 Å². The molecule has 0 spiro atoms. The Kier molecular flexibility index (Phi) is 6.35. The number of Topliss-reactive ketones (excluding diaryl/α,β-unsaturated/α-hetero) is 1. The first-order chi connectivity index (χ1) is 14.3. The molecule has 6 heteroatoms. The summed E-state index contributed by atoms with van der Waals surface area (Å²) in [5.41, 5.74) is 2.29. The molecule has 30 heavy (non-hydrogen) atoms. The normalized spacial score (nSPS) is 18.2. The maximum Gasteiger partial charge on any atom is 0.303 e. The number of aliphatic carboxylic acids is 1. The van der Waals surface area contributed by atoms with Gasteiger partial charge in [-0.2, -0.15) is 0 Å². The molecule has 1 aliphatic heterocycles. The summed E-state index contributed by atoms with van der Waals surface area (Å²) in [6, 6.07) is 15.5. The zero-order valence-corrected chi connectivity index (χ0v) is 17.0. The Morgan fingerprint density at radius 1 is 1.00 bits per heavy atom. The van der Waals surface area contributed by atoms with Crippen LogP contribution in [0.15, 0.2) is 60.2 Å². The number of carboxylic acid groups (broad SMARTS) is 1. The van der Waals surface area contributed by atoms with Gasteiger partial charge in [-0.3, -0.25) is 14.4 Å². The summed E-state index contributed by atoms with van der Waals surface area (Å²) in [4.78, 5) is 37.9. The van der Waals surface area contributed by atoms with Crippen molar-refractivity contribution < 1.29 is 24.6 Å². The molecule has 1 atom stereocenters. The van der Waals surface area contributed by atoms with Gasteiger partial charge >= 0.3 is 5.97 Å². The SMILES string of the molecule is CC(C)c1ccc(C2C(=C(O)c3ccccc3)C(=O)C(=O)N2CCCC(=O)O)cc1. The molecule has 1 amide bonds. The van der Waals surface area contributed by atoms with Crippen molar-refractivity contribution in [2.24, 2.45) is 0 Å². The molecule has 1 saturated heterocycles. The minimum absolute atomic E-state index is 0.0267. The highest BCUT2D eigenvalue weighted by molar-refractivity contribution is 6.46. The lowest BCUT2D eigenvalue weighted by Crippen LogP contribution is -2.31. The number of hydrogen-bond donors (Lipinski definition) is 2. The van der Waals surface area contributed by atoms with Crippen LogP contribution in [0.1, 0.15) is 55.3 Å². The zero-order valence-electron chi connectivity index (χ0n) is 17.0. The number of ketones is 1. The van der Waals surface area contributed by atoms with E-state index in [0.717, 1.165) is 5.56 Å². The highest BCUT2D eigenvalue weighted by atomic mass is 16.4. The highest BCUT2D eigenvalue weighted by Gasteiger charge is 2.45. The van der Waals surface area contributed by atoms with E-state index in [1.807, 2.05) is 24.3 Å². The molecule has 0 aliphatic carbocycles. The van der Waals surface area contributed by atoms with Crippen LogP contribution in [-0.4, -0.2) is 39.3 Å². The third-order valence-corrected chi connectivity index (χ3v) is 5.30. The first kappa shape index (κ1) is 21.3. The number of carbonyl (C=O) groups is 3. The average Bonchev–Trinajstić information content (AvgIpc) is 2.98. The monoisotopic (exact) mass is 407 g/mol. The van der Waals surface area contributed by atoms with Gasteiger partial charge in [0.2, 0.25) is 0 Å². The number of rotatable bonds is 7. The van der Waals surface area contributed by atoms with Gasteiger partial charge in [0.05, 0.1) is 11.6 Å². The van der Waals surface area contributed by atoms with E-state index in [-0.39, 0.29) is 30.7 Å². The number of nitrogens with zero attached hydrogens (tertiary/aromatic N) is 1. The summed E-state index contributed by atoms with van der Waals surface area (Å²) in [5, 5.41) is 19.8. The molecule has 2 aromatic rings. The Bertz CT molecular complexity index is 976. The Morgan fingerprint density at radius 3 is 2.20 bits per heavy atom. The van der Waals surface area contributed by atoms with Crippen LogP contribution >= 0.6 is 0 Å². The fourth-order valence-corrected chi connectivity index (χ4v) is 3.67. The number of hydrogen-bond acceptors (Lipinski definition) is 4. The molecule has 1 fully saturated rings. The third-order valence-electron chi connectivity index (χ3n) is 5.30. The molecule has 0 bridgehead atoms. The predicted octanol–water partition coefficient (Wildman–Crippen LogP) is 4.10. The molecule has 0 saturated carbocycles. The van der Waals surface area contributed by atoms with Crippen molar-refractivity contribution in [3.05, 3.63) is 76.9 Å². The van der Waals surface area contributed by atoms with Crippen molar-refractivity contribution in [1.82, 2.24) is 4.90 Å². The van der Waals surface area contributed by atoms with E-state index < -0.39 is 23.7 Å². The average molecular weight is 407 g/mol. The lowest BCUT2D eigenvalue weighted by molar-refractivity contribution is -0.140. The second-order valence-corrected chi connectivity index (χ2v) is 7.68. The van der Waals surface area contributed by atoms with Crippen LogP contribution in [0.5, 0.6) is 0 Å². The molecule has 0 aromatic heterocycles. The molecule has 6 nitrogen and oxygen atoms in total. The Labute approximate surface area is 175 Å². The Balaban J connectivity index is 2.08. The van der Waals surface area contributed by atoms with Gasteiger partial charge in [-0.15, -0.1) is 0 Å². The maximum absolute atomic E-state index is 12.9. The van der Waals surface area contributed by atoms with Crippen molar-refractivity contribution in [3.8, 4) is 0 Å². The second-order valence-electron chi connectivity index (χ2n) is 7.68. The van der Waals surface area contributed by atoms with E-state index in [1.165, 1.54) is 4.90 Å². The van der Waals surface area contributed by atoms with Crippen molar-refractivity contribution in [2.45, 2.75) is 38.6 Å². The van der Waals surface area contributed by atoms with Gasteiger partial charge in [-0.05, 0) is 23.5 Å². The van der Waals surface area contributed by atoms with Crippen molar-refractivity contribution >= 4 is 23.4 Å². The van der Waals surface area contributed by atoms with E-state index in [9.17, 15) is 19.5 Å². The molecule has 1 aliphatic rings. The van der Waals surface area contributed by atoms with E-state index in [0.29, 0.717) is 17.0 Å². The van der Waals surface area contributed by atoms with Gasteiger partial charge in [0.25, 0.3) is 11.7 Å². The molecule has 1 heterocycles. The van der Waals surface area contributed by atoms with Crippen LogP contribution in [-0.2, 0) is 14.4 Å². The number of carboxylic acids is 1. The number of carbonyl (C=O) groups excluding carboxylic acids is 2. The molecular formula is C24H25NO5. The molecule has 0 radical (unpaired) electrons. The largest absolute Gasteiger partial charge is 0.507 e. The number of benzene rings is 2.